The van der Waals surface area contributed by atoms with Gasteiger partial charge in [-0.05, 0) is 97.7 Å². The van der Waals surface area contributed by atoms with Gasteiger partial charge in [-0.3, -0.25) is 9.97 Å². The quantitative estimate of drug-likeness (QED) is 0.148. The Balaban J connectivity index is 0.00000480. The van der Waals surface area contributed by atoms with Gasteiger partial charge in [-0.1, -0.05) is 78.3 Å². The predicted octanol–water partition coefficient (Wildman–Crippen LogP) is 14.2. The third kappa shape index (κ3) is 6.31. The first kappa shape index (κ1) is 41.6. The van der Waals surface area contributed by atoms with Crippen molar-refractivity contribution in [2.45, 2.75) is 6.92 Å². The SMILES string of the molecule is Cc1cc(-n2c3[c-]c(Oc4[c-]c(N5[CH-]N(C)c6ccccc65)ccc4)ccc3c3ccccc32)ncc1-c1c(-n2c3ccccc3c3ncccc32)cccc1-n1c2ccccc2c2ncccc21.[Pt]. The first-order chi connectivity index (χ1) is 34.1. The second kappa shape index (κ2) is 16.3. The molecule has 338 valence electrons. The zero-order valence-corrected chi connectivity index (χ0v) is 40.1. The Morgan fingerprint density at radius 2 is 1.04 bits per heavy atom. The van der Waals surface area contributed by atoms with Gasteiger partial charge in [0.2, 0.25) is 0 Å². The molecule has 0 bridgehead atoms. The number of para-hydroxylation sites is 5. The Bertz CT molecular complexity index is 3990. The van der Waals surface area contributed by atoms with E-state index in [1.54, 1.807) is 0 Å². The predicted molar refractivity (Wildman–Crippen MR) is 278 cm³/mol. The van der Waals surface area contributed by atoms with Crippen molar-refractivity contribution in [3.05, 3.63) is 219 Å². The van der Waals surface area contributed by atoms with E-state index in [-0.39, 0.29) is 21.1 Å². The molecule has 0 saturated heterocycles. The summed E-state index contributed by atoms with van der Waals surface area (Å²) < 4.78 is 13.5. The average molecular weight is 1080 g/mol. The fourth-order valence-electron chi connectivity index (χ4n) is 10.6. The molecule has 0 N–H and O–H groups in total. The fraction of sp³-hybridized carbons (Fsp3) is 0.0333. The van der Waals surface area contributed by atoms with Gasteiger partial charge < -0.3 is 28.2 Å². The molecule has 7 heterocycles. The normalized spacial score (nSPS) is 12.5. The number of anilines is 3. The van der Waals surface area contributed by atoms with Crippen LogP contribution in [0.4, 0.5) is 17.1 Å². The maximum Gasteiger partial charge on any atom is 0.135 e. The smallest absolute Gasteiger partial charge is 0.135 e. The summed E-state index contributed by atoms with van der Waals surface area (Å²) in [5, 5.41) is 4.34. The molecule has 1 aliphatic heterocycles. The fourth-order valence-corrected chi connectivity index (χ4v) is 10.6. The molecule has 0 unspecified atom stereocenters. The van der Waals surface area contributed by atoms with E-state index in [1.807, 2.05) is 55.0 Å². The van der Waals surface area contributed by atoms with Crippen LogP contribution in [0.15, 0.2) is 195 Å². The van der Waals surface area contributed by atoms with E-state index in [1.165, 1.54) is 0 Å². The second-order valence-corrected chi connectivity index (χ2v) is 17.5. The molecule has 70 heavy (non-hydrogen) atoms. The summed E-state index contributed by atoms with van der Waals surface area (Å²) in [5.74, 6) is 1.95. The van der Waals surface area contributed by atoms with Crippen LogP contribution in [0.1, 0.15) is 5.56 Å². The number of benzene rings is 7. The summed E-state index contributed by atoms with van der Waals surface area (Å²) in [7, 11) is 2.05. The van der Waals surface area contributed by atoms with E-state index in [2.05, 4.69) is 196 Å². The van der Waals surface area contributed by atoms with Gasteiger partial charge in [-0.2, -0.15) is 18.8 Å². The van der Waals surface area contributed by atoms with Crippen molar-refractivity contribution < 1.29 is 25.8 Å². The topological polar surface area (TPSA) is 69.2 Å². The van der Waals surface area contributed by atoms with E-state index in [4.69, 9.17) is 19.7 Å². The molecule has 6 aromatic heterocycles. The largest absolute Gasteiger partial charge is 0.509 e. The van der Waals surface area contributed by atoms with Gasteiger partial charge in [0.1, 0.15) is 5.82 Å². The second-order valence-electron chi connectivity index (χ2n) is 17.5. The molecule has 14 rings (SSSR count). The van der Waals surface area contributed by atoms with Crippen LogP contribution in [-0.4, -0.2) is 35.7 Å². The summed E-state index contributed by atoms with van der Waals surface area (Å²) in [5.41, 5.74) is 16.2. The zero-order valence-electron chi connectivity index (χ0n) is 37.9. The van der Waals surface area contributed by atoms with Crippen LogP contribution in [0, 0.1) is 25.7 Å². The first-order valence-corrected chi connectivity index (χ1v) is 23.0. The molecule has 13 aromatic rings. The van der Waals surface area contributed by atoms with Crippen LogP contribution in [0.25, 0.3) is 94.0 Å². The Kier molecular flexibility index (Phi) is 9.71. The monoisotopic (exact) mass is 1080 g/mol. The van der Waals surface area contributed by atoms with Crippen molar-refractivity contribution in [1.29, 1.82) is 0 Å². The third-order valence-corrected chi connectivity index (χ3v) is 13.6. The van der Waals surface area contributed by atoms with Crippen molar-refractivity contribution in [3.8, 4) is 39.8 Å². The molecule has 0 radical (unpaired) electrons. The number of nitrogens with zero attached hydrogens (tertiary/aromatic N) is 8. The van der Waals surface area contributed by atoms with Crippen LogP contribution < -0.4 is 14.5 Å². The molecule has 0 fully saturated rings. The minimum atomic E-state index is 0. The maximum absolute atomic E-state index is 6.60. The summed E-state index contributed by atoms with van der Waals surface area (Å²) in [4.78, 5) is 19.5. The number of fused-ring (bicyclic) bond motifs is 10. The van der Waals surface area contributed by atoms with Gasteiger partial charge in [0.25, 0.3) is 0 Å². The van der Waals surface area contributed by atoms with Crippen LogP contribution in [0.5, 0.6) is 11.5 Å². The van der Waals surface area contributed by atoms with Crippen LogP contribution in [0.3, 0.4) is 0 Å². The van der Waals surface area contributed by atoms with Crippen LogP contribution in [-0.2, 0) is 21.1 Å². The van der Waals surface area contributed by atoms with Gasteiger partial charge in [-0.15, -0.1) is 41.4 Å². The number of hydrogen-bond donors (Lipinski definition) is 0. The molecule has 0 spiro atoms. The molecule has 0 saturated carbocycles. The van der Waals surface area contributed by atoms with Crippen LogP contribution in [0.2, 0.25) is 0 Å². The number of aryl methyl sites for hydroxylation is 1. The molecule has 1 aliphatic rings. The zero-order chi connectivity index (χ0) is 45.7. The Hall–Kier alpha value is -8.52. The minimum absolute atomic E-state index is 0. The summed E-state index contributed by atoms with van der Waals surface area (Å²) in [6, 6.07) is 68.2. The van der Waals surface area contributed by atoms with E-state index in [9.17, 15) is 0 Å². The molecule has 0 amide bonds. The minimum Gasteiger partial charge on any atom is -0.509 e. The first-order valence-electron chi connectivity index (χ1n) is 23.0. The summed E-state index contributed by atoms with van der Waals surface area (Å²) in [6.07, 6.45) is 5.79. The van der Waals surface area contributed by atoms with Crippen molar-refractivity contribution in [3.63, 3.8) is 0 Å². The molecule has 0 atom stereocenters. The van der Waals surface area contributed by atoms with Gasteiger partial charge in [0.15, 0.2) is 0 Å². The van der Waals surface area contributed by atoms with Crippen molar-refractivity contribution in [1.82, 2.24) is 28.7 Å². The number of pyridine rings is 3. The van der Waals surface area contributed by atoms with Crippen molar-refractivity contribution in [2.24, 2.45) is 0 Å². The Labute approximate surface area is 417 Å². The van der Waals surface area contributed by atoms with E-state index >= 15 is 0 Å². The molecule has 7 aromatic carbocycles. The van der Waals surface area contributed by atoms with E-state index in [0.29, 0.717) is 11.5 Å². The van der Waals surface area contributed by atoms with Gasteiger partial charge in [0.05, 0.1) is 44.5 Å². The maximum atomic E-state index is 6.60. The number of ether oxygens (including phenoxy) is 1. The van der Waals surface area contributed by atoms with E-state index < -0.39 is 0 Å². The molecule has 10 heteroatoms. The van der Waals surface area contributed by atoms with Crippen molar-refractivity contribution in [2.75, 3.05) is 16.8 Å². The van der Waals surface area contributed by atoms with Crippen molar-refractivity contribution >= 4 is 82.7 Å². The van der Waals surface area contributed by atoms with Gasteiger partial charge in [0, 0.05) is 89.9 Å². The summed E-state index contributed by atoms with van der Waals surface area (Å²) in [6.45, 7) is 4.26. The number of aromatic nitrogens is 6. The van der Waals surface area contributed by atoms with E-state index in [0.717, 1.165) is 117 Å². The van der Waals surface area contributed by atoms with Gasteiger partial charge in [-0.25, -0.2) is 4.98 Å². The van der Waals surface area contributed by atoms with Crippen LogP contribution >= 0.6 is 0 Å². The molecule has 9 nitrogen and oxygen atoms in total. The number of rotatable bonds is 7. The molecular weight excluding hydrogens is 1040 g/mol. The third-order valence-electron chi connectivity index (χ3n) is 13.6. The Morgan fingerprint density at radius 3 is 1.71 bits per heavy atom. The average Bonchev–Trinajstić information content (AvgIpc) is 4.12. The summed E-state index contributed by atoms with van der Waals surface area (Å²) >= 11 is 0. The van der Waals surface area contributed by atoms with Gasteiger partial charge >= 0.3 is 0 Å². The molecular formula is C60H39N8OPt-3. The standard InChI is InChI=1S/C60H39N8O.Pt/c1-38-33-57(68-47-20-6-3-17-42(47)43-30-29-41(35-56(43)68)69-40-16-11-15-39(34-40)65-37-64(2)50-23-9-10-24-51(50)65)63-36-46(38)58-52(66-48-21-7-4-18-44(48)59-54(66)27-13-31-61-59)25-12-26-53(58)67-49-22-8-5-19-45(49)60-55(67)28-14-32-62-60;/h3-33,36-37H,1-2H3;/q-3;. The number of hydrogen-bond acceptors (Lipinski definition) is 6. The Morgan fingerprint density at radius 1 is 0.486 bits per heavy atom. The molecule has 0 aliphatic carbocycles.